The minimum Gasteiger partial charge on any atom is -0.334 e. The standard InChI is InChI=1S/C8H8ClN3/c1-5-4-12(2)8-6(5)3-7(9)10-11-8/h3-4H,1-2H3. The molecule has 0 saturated carbocycles. The van der Waals surface area contributed by atoms with Crippen LogP contribution in [-0.4, -0.2) is 14.8 Å². The van der Waals surface area contributed by atoms with Crippen LogP contribution in [0.15, 0.2) is 12.3 Å². The molecule has 0 saturated heterocycles. The molecular formula is C8H8ClN3. The first-order valence-electron chi connectivity index (χ1n) is 3.63. The number of hydrogen-bond acceptors (Lipinski definition) is 2. The second-order valence-corrected chi connectivity index (χ2v) is 3.21. The highest BCUT2D eigenvalue weighted by atomic mass is 35.5. The van der Waals surface area contributed by atoms with Crippen molar-refractivity contribution >= 4 is 22.6 Å². The van der Waals surface area contributed by atoms with Crippen molar-refractivity contribution < 1.29 is 0 Å². The normalized spacial score (nSPS) is 10.9. The molecule has 0 aromatic carbocycles. The SMILES string of the molecule is Cc1cn(C)c2nnc(Cl)cc12. The van der Waals surface area contributed by atoms with Crippen molar-refractivity contribution in [3.8, 4) is 0 Å². The summed E-state index contributed by atoms with van der Waals surface area (Å²) in [6.07, 6.45) is 2.01. The molecule has 62 valence electrons. The predicted octanol–water partition coefficient (Wildman–Crippen LogP) is 1.93. The molecule has 0 N–H and O–H groups in total. The van der Waals surface area contributed by atoms with Gasteiger partial charge in [-0.15, -0.1) is 10.2 Å². The van der Waals surface area contributed by atoms with Crippen molar-refractivity contribution in [2.24, 2.45) is 7.05 Å². The van der Waals surface area contributed by atoms with E-state index in [0.29, 0.717) is 5.15 Å². The van der Waals surface area contributed by atoms with Crippen LogP contribution in [0, 0.1) is 6.92 Å². The van der Waals surface area contributed by atoms with Gasteiger partial charge in [0.1, 0.15) is 0 Å². The second-order valence-electron chi connectivity index (χ2n) is 2.83. The van der Waals surface area contributed by atoms with Gasteiger partial charge in [0.2, 0.25) is 0 Å². The molecule has 0 aliphatic carbocycles. The zero-order chi connectivity index (χ0) is 8.72. The van der Waals surface area contributed by atoms with E-state index in [2.05, 4.69) is 10.2 Å². The zero-order valence-corrected chi connectivity index (χ0v) is 7.63. The first-order chi connectivity index (χ1) is 5.68. The maximum atomic E-state index is 5.72. The molecule has 2 rings (SSSR count). The van der Waals surface area contributed by atoms with Gasteiger partial charge in [0, 0.05) is 18.6 Å². The number of hydrogen-bond donors (Lipinski definition) is 0. The zero-order valence-electron chi connectivity index (χ0n) is 6.87. The fourth-order valence-electron chi connectivity index (χ4n) is 1.33. The van der Waals surface area contributed by atoms with Gasteiger partial charge in [-0.25, -0.2) is 0 Å². The van der Waals surface area contributed by atoms with Crippen molar-refractivity contribution in [1.82, 2.24) is 14.8 Å². The average molecular weight is 182 g/mol. The fourth-order valence-corrected chi connectivity index (χ4v) is 1.48. The van der Waals surface area contributed by atoms with Gasteiger partial charge in [-0.05, 0) is 18.6 Å². The van der Waals surface area contributed by atoms with E-state index < -0.39 is 0 Å². The maximum Gasteiger partial charge on any atom is 0.162 e. The lowest BCUT2D eigenvalue weighted by Gasteiger charge is -1.92. The molecule has 0 bridgehead atoms. The van der Waals surface area contributed by atoms with Crippen LogP contribution < -0.4 is 0 Å². The van der Waals surface area contributed by atoms with Gasteiger partial charge in [0.05, 0.1) is 0 Å². The monoisotopic (exact) mass is 181 g/mol. The summed E-state index contributed by atoms with van der Waals surface area (Å²) in [6, 6.07) is 1.83. The Morgan fingerprint density at radius 3 is 2.92 bits per heavy atom. The first-order valence-corrected chi connectivity index (χ1v) is 4.01. The molecule has 4 heteroatoms. The topological polar surface area (TPSA) is 30.7 Å². The van der Waals surface area contributed by atoms with Gasteiger partial charge in [-0.3, -0.25) is 0 Å². The third-order valence-electron chi connectivity index (χ3n) is 1.89. The van der Waals surface area contributed by atoms with Gasteiger partial charge >= 0.3 is 0 Å². The quantitative estimate of drug-likeness (QED) is 0.622. The van der Waals surface area contributed by atoms with Crippen LogP contribution in [0.2, 0.25) is 5.15 Å². The molecule has 0 unspecified atom stereocenters. The van der Waals surface area contributed by atoms with Gasteiger partial charge in [-0.1, -0.05) is 11.6 Å². The molecule has 0 aliphatic rings. The van der Waals surface area contributed by atoms with E-state index in [4.69, 9.17) is 11.6 Å². The van der Waals surface area contributed by atoms with Crippen molar-refractivity contribution in [2.45, 2.75) is 6.92 Å². The summed E-state index contributed by atoms with van der Waals surface area (Å²) < 4.78 is 1.94. The van der Waals surface area contributed by atoms with Crippen LogP contribution in [0.3, 0.4) is 0 Å². The number of aromatic nitrogens is 3. The highest BCUT2D eigenvalue weighted by molar-refractivity contribution is 6.29. The summed E-state index contributed by atoms with van der Waals surface area (Å²) in [5, 5.41) is 9.27. The number of rotatable bonds is 0. The molecule has 0 fully saturated rings. The Labute approximate surface area is 75.0 Å². The molecule has 2 aromatic heterocycles. The van der Waals surface area contributed by atoms with E-state index in [0.717, 1.165) is 11.0 Å². The van der Waals surface area contributed by atoms with E-state index >= 15 is 0 Å². The molecule has 2 heterocycles. The molecule has 0 aliphatic heterocycles. The second kappa shape index (κ2) is 2.45. The first kappa shape index (κ1) is 7.55. The Bertz CT molecular complexity index is 433. The van der Waals surface area contributed by atoms with E-state index in [-0.39, 0.29) is 0 Å². The van der Waals surface area contributed by atoms with E-state index in [1.54, 1.807) is 0 Å². The van der Waals surface area contributed by atoms with E-state index in [9.17, 15) is 0 Å². The van der Waals surface area contributed by atoms with Gasteiger partial charge in [0.15, 0.2) is 10.8 Å². The van der Waals surface area contributed by atoms with Crippen LogP contribution in [-0.2, 0) is 7.05 Å². The van der Waals surface area contributed by atoms with Crippen LogP contribution in [0.4, 0.5) is 0 Å². The fraction of sp³-hybridized carbons (Fsp3) is 0.250. The molecule has 2 aromatic rings. The third kappa shape index (κ3) is 0.975. The van der Waals surface area contributed by atoms with Crippen LogP contribution in [0.25, 0.3) is 11.0 Å². The summed E-state index contributed by atoms with van der Waals surface area (Å²) in [7, 11) is 1.94. The largest absolute Gasteiger partial charge is 0.334 e. The predicted molar refractivity (Wildman–Crippen MR) is 48.3 cm³/mol. The molecule has 0 spiro atoms. The average Bonchev–Trinajstić information content (AvgIpc) is 2.28. The Kier molecular flexibility index (Phi) is 1.54. The molecule has 12 heavy (non-hydrogen) atoms. The van der Waals surface area contributed by atoms with Crippen molar-refractivity contribution in [1.29, 1.82) is 0 Å². The smallest absolute Gasteiger partial charge is 0.162 e. The minimum atomic E-state index is 0.441. The summed E-state index contributed by atoms with van der Waals surface area (Å²) in [4.78, 5) is 0. The molecule has 0 atom stereocenters. The Balaban J connectivity index is 2.90. The number of halogens is 1. The van der Waals surface area contributed by atoms with E-state index in [1.807, 2.05) is 30.8 Å². The maximum absolute atomic E-state index is 5.72. The van der Waals surface area contributed by atoms with Crippen molar-refractivity contribution in [3.05, 3.63) is 23.0 Å². The molecular weight excluding hydrogens is 174 g/mol. The molecule has 3 nitrogen and oxygen atoms in total. The molecule has 0 radical (unpaired) electrons. The Morgan fingerprint density at radius 2 is 2.17 bits per heavy atom. The van der Waals surface area contributed by atoms with E-state index in [1.165, 1.54) is 5.56 Å². The van der Waals surface area contributed by atoms with Crippen LogP contribution in [0.1, 0.15) is 5.56 Å². The summed E-state index contributed by atoms with van der Waals surface area (Å²) >= 11 is 5.72. The van der Waals surface area contributed by atoms with Gasteiger partial charge < -0.3 is 4.57 Å². The minimum absolute atomic E-state index is 0.441. The lowest BCUT2D eigenvalue weighted by atomic mass is 10.3. The summed E-state index contributed by atoms with van der Waals surface area (Å²) in [5.41, 5.74) is 2.04. The van der Waals surface area contributed by atoms with Crippen LogP contribution >= 0.6 is 11.6 Å². The Morgan fingerprint density at radius 1 is 1.42 bits per heavy atom. The third-order valence-corrected chi connectivity index (χ3v) is 2.08. The molecule has 0 amide bonds. The lowest BCUT2D eigenvalue weighted by Crippen LogP contribution is -1.89. The van der Waals surface area contributed by atoms with Crippen molar-refractivity contribution in [2.75, 3.05) is 0 Å². The van der Waals surface area contributed by atoms with Crippen molar-refractivity contribution in [3.63, 3.8) is 0 Å². The highest BCUT2D eigenvalue weighted by Crippen LogP contribution is 2.19. The van der Waals surface area contributed by atoms with Gasteiger partial charge in [-0.2, -0.15) is 0 Å². The summed E-state index contributed by atoms with van der Waals surface area (Å²) in [6.45, 7) is 2.03. The highest BCUT2D eigenvalue weighted by Gasteiger charge is 2.04. The Hall–Kier alpha value is -1.09. The number of nitrogens with zero attached hydrogens (tertiary/aromatic N) is 3. The number of aryl methyl sites for hydroxylation is 2. The lowest BCUT2D eigenvalue weighted by molar-refractivity contribution is 0.915. The van der Waals surface area contributed by atoms with Gasteiger partial charge in [0.25, 0.3) is 0 Å². The number of fused-ring (bicyclic) bond motifs is 1. The van der Waals surface area contributed by atoms with Crippen LogP contribution in [0.5, 0.6) is 0 Å². The summed E-state index contributed by atoms with van der Waals surface area (Å²) in [5.74, 6) is 0.